The van der Waals surface area contributed by atoms with E-state index in [-0.39, 0.29) is 5.78 Å². The Morgan fingerprint density at radius 2 is 1.71 bits per heavy atom. The Morgan fingerprint density at radius 1 is 1.14 bits per heavy atom. The first kappa shape index (κ1) is 21.8. The van der Waals surface area contributed by atoms with Crippen molar-refractivity contribution in [3.8, 4) is 0 Å². The summed E-state index contributed by atoms with van der Waals surface area (Å²) in [5.74, 6) is -1.61. The molecule has 1 aliphatic rings. The average Bonchev–Trinajstić information content (AvgIpc) is 2.92. The molecule has 0 amide bonds. The number of piperazine rings is 1. The Balaban J connectivity index is 0.000000345. The van der Waals surface area contributed by atoms with Crippen LogP contribution >= 0.6 is 0 Å². The number of aromatic nitrogens is 2. The molecule has 2 aromatic rings. The molecule has 0 saturated carbocycles. The summed E-state index contributed by atoms with van der Waals surface area (Å²) in [5, 5.41) is 7.12. The molecular formula is C18H23F3N4O3. The number of likely N-dealkylation sites (N-methyl/N-ethyl adjacent to an activating group) is 1. The van der Waals surface area contributed by atoms with E-state index in [1.807, 2.05) is 25.2 Å². The monoisotopic (exact) mass is 400 g/mol. The number of halogens is 3. The summed E-state index contributed by atoms with van der Waals surface area (Å²) in [6.45, 7) is 6.84. The minimum Gasteiger partial charge on any atom is -0.475 e. The highest BCUT2D eigenvalue weighted by atomic mass is 19.4. The molecule has 0 aliphatic carbocycles. The lowest BCUT2D eigenvalue weighted by atomic mass is 10.1. The van der Waals surface area contributed by atoms with E-state index in [1.165, 1.54) is 0 Å². The number of aliphatic carboxylic acids is 1. The van der Waals surface area contributed by atoms with Crippen molar-refractivity contribution in [1.29, 1.82) is 0 Å². The Kier molecular flexibility index (Phi) is 6.78. The fraction of sp³-hybridized carbons (Fsp3) is 0.500. The van der Waals surface area contributed by atoms with Gasteiger partial charge in [-0.3, -0.25) is 9.69 Å². The second-order valence-corrected chi connectivity index (χ2v) is 6.73. The summed E-state index contributed by atoms with van der Waals surface area (Å²) in [6, 6.07) is 5.77. The topological polar surface area (TPSA) is 78.7 Å². The summed E-state index contributed by atoms with van der Waals surface area (Å²) < 4.78 is 33.9. The molecule has 1 fully saturated rings. The third-order valence-electron chi connectivity index (χ3n) is 4.58. The highest BCUT2D eigenvalue weighted by Crippen LogP contribution is 2.18. The highest BCUT2D eigenvalue weighted by Gasteiger charge is 2.38. The van der Waals surface area contributed by atoms with E-state index in [9.17, 15) is 18.0 Å². The van der Waals surface area contributed by atoms with Crippen LogP contribution in [0.5, 0.6) is 0 Å². The van der Waals surface area contributed by atoms with Crippen LogP contribution in [0.4, 0.5) is 13.2 Å². The molecule has 0 radical (unpaired) electrons. The number of ketones is 1. The first-order valence-electron chi connectivity index (χ1n) is 8.66. The van der Waals surface area contributed by atoms with Crippen molar-refractivity contribution < 1.29 is 27.9 Å². The molecule has 0 atom stereocenters. The third kappa shape index (κ3) is 5.52. The first-order chi connectivity index (χ1) is 13.0. The van der Waals surface area contributed by atoms with E-state index in [0.29, 0.717) is 0 Å². The number of aryl methyl sites for hydroxylation is 1. The van der Waals surface area contributed by atoms with Crippen LogP contribution in [0.2, 0.25) is 0 Å². The number of benzene rings is 1. The van der Waals surface area contributed by atoms with Crippen molar-refractivity contribution in [1.82, 2.24) is 19.4 Å². The molecule has 154 valence electrons. The van der Waals surface area contributed by atoms with Crippen molar-refractivity contribution in [2.24, 2.45) is 7.05 Å². The van der Waals surface area contributed by atoms with E-state index in [2.05, 4.69) is 21.4 Å². The molecule has 7 nitrogen and oxygen atoms in total. The fourth-order valence-electron chi connectivity index (χ4n) is 2.82. The maximum absolute atomic E-state index is 11.5. The van der Waals surface area contributed by atoms with Gasteiger partial charge < -0.3 is 14.6 Å². The Labute approximate surface area is 160 Å². The van der Waals surface area contributed by atoms with Crippen LogP contribution in [-0.2, 0) is 18.4 Å². The van der Waals surface area contributed by atoms with Crippen molar-refractivity contribution in [3.05, 3.63) is 29.6 Å². The van der Waals surface area contributed by atoms with Gasteiger partial charge in [0, 0.05) is 38.8 Å². The van der Waals surface area contributed by atoms with Crippen LogP contribution in [-0.4, -0.2) is 75.6 Å². The van der Waals surface area contributed by atoms with Gasteiger partial charge in [-0.15, -0.1) is 0 Å². The number of rotatable bonds is 3. The van der Waals surface area contributed by atoms with Crippen molar-refractivity contribution in [2.45, 2.75) is 19.6 Å². The summed E-state index contributed by atoms with van der Waals surface area (Å²) in [5.41, 5.74) is 2.73. The normalized spacial score (nSPS) is 15.9. The summed E-state index contributed by atoms with van der Waals surface area (Å²) >= 11 is 0. The molecule has 3 rings (SSSR count). The molecule has 1 N–H and O–H groups in total. The number of nitrogens with zero attached hydrogens (tertiary/aromatic N) is 4. The number of carbonyl (C=O) groups is 2. The largest absolute Gasteiger partial charge is 0.490 e. The molecular weight excluding hydrogens is 377 g/mol. The predicted molar refractivity (Wildman–Crippen MR) is 97.2 cm³/mol. The maximum Gasteiger partial charge on any atom is 0.490 e. The number of Topliss-reactive ketones (excluding diaryl/α,β-unsaturated/α-hetero) is 1. The smallest absolute Gasteiger partial charge is 0.475 e. The van der Waals surface area contributed by atoms with Crippen molar-refractivity contribution in [3.63, 3.8) is 0 Å². The Morgan fingerprint density at radius 3 is 2.21 bits per heavy atom. The molecule has 0 spiro atoms. The number of carboxylic acids is 1. The van der Waals surface area contributed by atoms with Crippen LogP contribution in [0.25, 0.3) is 11.0 Å². The number of fused-ring (bicyclic) bond motifs is 1. The lowest BCUT2D eigenvalue weighted by Gasteiger charge is -2.31. The van der Waals surface area contributed by atoms with Gasteiger partial charge in [0.25, 0.3) is 0 Å². The number of hydrogen-bond donors (Lipinski definition) is 1. The number of imidazole rings is 1. The lowest BCUT2D eigenvalue weighted by Crippen LogP contribution is -2.44. The fourth-order valence-corrected chi connectivity index (χ4v) is 2.82. The second kappa shape index (κ2) is 8.70. The third-order valence-corrected chi connectivity index (χ3v) is 4.58. The average molecular weight is 400 g/mol. The van der Waals surface area contributed by atoms with E-state index in [1.54, 1.807) is 6.92 Å². The van der Waals surface area contributed by atoms with E-state index in [4.69, 9.17) is 14.9 Å². The van der Waals surface area contributed by atoms with Gasteiger partial charge in [-0.25, -0.2) is 9.78 Å². The zero-order valence-electron chi connectivity index (χ0n) is 16.0. The van der Waals surface area contributed by atoms with Gasteiger partial charge in [-0.05, 0) is 32.2 Å². The quantitative estimate of drug-likeness (QED) is 0.796. The molecule has 1 aliphatic heterocycles. The van der Waals surface area contributed by atoms with Gasteiger partial charge in [0.1, 0.15) is 5.82 Å². The summed E-state index contributed by atoms with van der Waals surface area (Å²) in [6.07, 6.45) is -5.08. The molecule has 0 unspecified atom stereocenters. The van der Waals surface area contributed by atoms with E-state index in [0.717, 1.165) is 55.1 Å². The molecule has 0 bridgehead atoms. The molecule has 28 heavy (non-hydrogen) atoms. The minimum atomic E-state index is -5.08. The maximum atomic E-state index is 11.5. The highest BCUT2D eigenvalue weighted by molar-refractivity contribution is 5.97. The second-order valence-electron chi connectivity index (χ2n) is 6.73. The number of carbonyl (C=O) groups excluding carboxylic acids is 1. The van der Waals surface area contributed by atoms with Crippen LogP contribution in [0.15, 0.2) is 18.2 Å². The first-order valence-corrected chi connectivity index (χ1v) is 8.66. The van der Waals surface area contributed by atoms with Gasteiger partial charge in [-0.1, -0.05) is 0 Å². The zero-order valence-corrected chi connectivity index (χ0v) is 16.0. The van der Waals surface area contributed by atoms with Crippen LogP contribution in [0.1, 0.15) is 23.1 Å². The molecule has 1 aromatic heterocycles. The van der Waals surface area contributed by atoms with Crippen LogP contribution in [0, 0.1) is 0 Å². The molecule has 10 heteroatoms. The lowest BCUT2D eigenvalue weighted by molar-refractivity contribution is -0.192. The van der Waals surface area contributed by atoms with Crippen molar-refractivity contribution >= 4 is 22.8 Å². The SMILES string of the molecule is CC(=O)c1ccc2c(c1)nc(CN1CCN(C)CC1)n2C.O=C(O)C(F)(F)F. The van der Waals surface area contributed by atoms with Crippen LogP contribution in [0.3, 0.4) is 0 Å². The predicted octanol–water partition coefficient (Wildman–Crippen LogP) is 2.16. The standard InChI is InChI=1S/C16H22N4O.C2HF3O2/c1-12(21)13-4-5-15-14(10-13)17-16(19(15)3)11-20-8-6-18(2)7-9-20;3-2(4,5)1(6)7/h4-5,10H,6-9,11H2,1-3H3;(H,6,7). The van der Waals surface area contributed by atoms with Gasteiger partial charge in [-0.2, -0.15) is 13.2 Å². The van der Waals surface area contributed by atoms with E-state index >= 15 is 0 Å². The van der Waals surface area contributed by atoms with E-state index < -0.39 is 12.1 Å². The number of carboxylic acid groups (broad SMARTS) is 1. The van der Waals surface area contributed by atoms with Gasteiger partial charge in [0.15, 0.2) is 5.78 Å². The number of hydrogen-bond acceptors (Lipinski definition) is 5. The van der Waals surface area contributed by atoms with Crippen molar-refractivity contribution in [2.75, 3.05) is 33.2 Å². The van der Waals surface area contributed by atoms with Gasteiger partial charge >= 0.3 is 12.1 Å². The van der Waals surface area contributed by atoms with Gasteiger partial charge in [0.05, 0.1) is 17.6 Å². The minimum absolute atomic E-state index is 0.0863. The molecule has 1 aromatic carbocycles. The summed E-state index contributed by atoms with van der Waals surface area (Å²) in [7, 11) is 4.21. The van der Waals surface area contributed by atoms with Crippen LogP contribution < -0.4 is 0 Å². The Bertz CT molecular complexity index is 856. The van der Waals surface area contributed by atoms with Gasteiger partial charge in [0.2, 0.25) is 0 Å². The summed E-state index contributed by atoms with van der Waals surface area (Å²) in [4.78, 5) is 29.9. The molecule has 1 saturated heterocycles. The number of alkyl halides is 3. The zero-order chi connectivity index (χ0) is 21.1. The molecule has 2 heterocycles. The Hall–Kier alpha value is -2.46.